The third-order valence-electron chi connectivity index (χ3n) is 4.41. The van der Waals surface area contributed by atoms with E-state index in [4.69, 9.17) is 4.52 Å². The Morgan fingerprint density at radius 3 is 2.67 bits per heavy atom. The van der Waals surface area contributed by atoms with Crippen molar-refractivity contribution in [3.63, 3.8) is 0 Å². The van der Waals surface area contributed by atoms with Gasteiger partial charge in [0.05, 0.1) is 12.2 Å². The van der Waals surface area contributed by atoms with Crippen LogP contribution in [0.4, 0.5) is 13.2 Å². The van der Waals surface area contributed by atoms with Gasteiger partial charge in [0.1, 0.15) is 0 Å². The van der Waals surface area contributed by atoms with Crippen molar-refractivity contribution in [1.29, 1.82) is 0 Å². The molecule has 136 valence electrons. The van der Waals surface area contributed by atoms with Crippen LogP contribution in [0.5, 0.6) is 0 Å². The normalized spacial score (nSPS) is 23.5. The zero-order chi connectivity index (χ0) is 17.4. The Balaban J connectivity index is 1.56. The lowest BCUT2D eigenvalue weighted by molar-refractivity contribution is -0.130. The van der Waals surface area contributed by atoms with Crippen molar-refractivity contribution in [2.75, 3.05) is 18.8 Å². The van der Waals surface area contributed by atoms with Gasteiger partial charge in [-0.25, -0.2) is 12.7 Å². The molecule has 1 aromatic heterocycles. The summed E-state index contributed by atoms with van der Waals surface area (Å²) in [7, 11) is -3.89. The van der Waals surface area contributed by atoms with Crippen molar-refractivity contribution in [2.45, 2.75) is 50.6 Å². The molecule has 10 heteroatoms. The van der Waals surface area contributed by atoms with Crippen molar-refractivity contribution < 1.29 is 26.1 Å². The third kappa shape index (κ3) is 4.69. The van der Waals surface area contributed by atoms with Crippen molar-refractivity contribution >= 4 is 10.0 Å². The molecule has 0 N–H and O–H groups in total. The minimum atomic E-state index is -4.47. The Morgan fingerprint density at radius 1 is 1.25 bits per heavy atom. The summed E-state index contributed by atoms with van der Waals surface area (Å²) in [5.74, 6) is 0.669. The van der Waals surface area contributed by atoms with Gasteiger partial charge in [-0.15, -0.1) is 0 Å². The lowest BCUT2D eigenvalue weighted by atomic mass is 9.96. The maximum absolute atomic E-state index is 12.3. The second kappa shape index (κ2) is 6.62. The number of aromatic nitrogens is 2. The number of piperidine rings is 1. The van der Waals surface area contributed by atoms with E-state index in [0.717, 1.165) is 19.3 Å². The van der Waals surface area contributed by atoms with Crippen LogP contribution < -0.4 is 0 Å². The number of alkyl halides is 3. The van der Waals surface area contributed by atoms with Gasteiger partial charge in [-0.1, -0.05) is 5.16 Å². The van der Waals surface area contributed by atoms with Crippen molar-refractivity contribution in [2.24, 2.45) is 5.92 Å². The molecule has 1 atom stereocenters. The highest BCUT2D eigenvalue weighted by Crippen LogP contribution is 2.38. The molecule has 2 aliphatic rings. The molecule has 24 heavy (non-hydrogen) atoms. The fourth-order valence-corrected chi connectivity index (χ4v) is 4.52. The van der Waals surface area contributed by atoms with Crippen LogP contribution in [0.1, 0.15) is 49.7 Å². The van der Waals surface area contributed by atoms with Crippen molar-refractivity contribution in [3.8, 4) is 0 Å². The summed E-state index contributed by atoms with van der Waals surface area (Å²) in [6.07, 6.45) is -1.77. The van der Waals surface area contributed by atoms with Crippen molar-refractivity contribution in [1.82, 2.24) is 14.4 Å². The number of hydrogen-bond acceptors (Lipinski definition) is 5. The van der Waals surface area contributed by atoms with Crippen LogP contribution >= 0.6 is 0 Å². The predicted molar refractivity (Wildman–Crippen MR) is 78.7 cm³/mol. The van der Waals surface area contributed by atoms with E-state index >= 15 is 0 Å². The highest BCUT2D eigenvalue weighted by atomic mass is 32.2. The van der Waals surface area contributed by atoms with Gasteiger partial charge in [0.15, 0.2) is 5.82 Å². The molecule has 0 spiro atoms. The molecule has 1 saturated carbocycles. The van der Waals surface area contributed by atoms with Crippen LogP contribution in [0.15, 0.2) is 4.52 Å². The van der Waals surface area contributed by atoms with Gasteiger partial charge < -0.3 is 4.52 Å². The number of nitrogens with zero attached hydrogens (tertiary/aromatic N) is 3. The number of rotatable bonds is 6. The molecule has 0 unspecified atom stereocenters. The minimum Gasteiger partial charge on any atom is -0.339 e. The van der Waals surface area contributed by atoms with Crippen LogP contribution in [-0.4, -0.2) is 47.9 Å². The van der Waals surface area contributed by atoms with Gasteiger partial charge in [-0.05, 0) is 31.6 Å². The Kier molecular flexibility index (Phi) is 4.87. The van der Waals surface area contributed by atoms with Crippen LogP contribution in [0.2, 0.25) is 0 Å². The molecule has 0 amide bonds. The van der Waals surface area contributed by atoms with Gasteiger partial charge in [0.2, 0.25) is 15.9 Å². The molecule has 6 nitrogen and oxygen atoms in total. The fourth-order valence-electron chi connectivity index (χ4n) is 2.93. The van der Waals surface area contributed by atoms with E-state index in [1.807, 2.05) is 0 Å². The minimum absolute atomic E-state index is 0.00749. The van der Waals surface area contributed by atoms with Gasteiger partial charge in [0.25, 0.3) is 0 Å². The van der Waals surface area contributed by atoms with Crippen LogP contribution in [0, 0.1) is 5.92 Å². The van der Waals surface area contributed by atoms with Crippen molar-refractivity contribution in [3.05, 3.63) is 11.7 Å². The first-order valence-corrected chi connectivity index (χ1v) is 9.71. The molecule has 3 rings (SSSR count). The quantitative estimate of drug-likeness (QED) is 0.772. The summed E-state index contributed by atoms with van der Waals surface area (Å²) >= 11 is 0. The zero-order valence-corrected chi connectivity index (χ0v) is 13.9. The van der Waals surface area contributed by atoms with Crippen LogP contribution in [0.25, 0.3) is 0 Å². The SMILES string of the molecule is O=S(=O)(CCC(F)(F)F)N1CCC[C@@H](Cc2nc(C3CC3)no2)C1. The maximum Gasteiger partial charge on any atom is 0.390 e. The average molecular weight is 367 g/mol. The summed E-state index contributed by atoms with van der Waals surface area (Å²) < 4.78 is 67.4. The summed E-state index contributed by atoms with van der Waals surface area (Å²) in [5, 5.41) is 3.92. The predicted octanol–water partition coefficient (Wildman–Crippen LogP) is 2.48. The Labute approximate surface area is 138 Å². The Hall–Kier alpha value is -1.16. The molecule has 0 aromatic carbocycles. The first kappa shape index (κ1) is 17.7. The molecular weight excluding hydrogens is 347 g/mol. The van der Waals surface area contributed by atoms with E-state index in [0.29, 0.717) is 30.5 Å². The molecule has 1 aliphatic carbocycles. The summed E-state index contributed by atoms with van der Waals surface area (Å²) in [6, 6.07) is 0. The third-order valence-corrected chi connectivity index (χ3v) is 6.25. The highest BCUT2D eigenvalue weighted by molar-refractivity contribution is 7.89. The largest absolute Gasteiger partial charge is 0.390 e. The monoisotopic (exact) mass is 367 g/mol. The van der Waals surface area contributed by atoms with Gasteiger partial charge in [-0.3, -0.25) is 0 Å². The topological polar surface area (TPSA) is 76.3 Å². The number of sulfonamides is 1. The van der Waals surface area contributed by atoms with Gasteiger partial charge in [0, 0.05) is 25.4 Å². The first-order chi connectivity index (χ1) is 11.2. The van der Waals surface area contributed by atoms with E-state index in [1.165, 1.54) is 4.31 Å². The Bertz CT molecular complexity index is 670. The molecule has 2 fully saturated rings. The summed E-state index contributed by atoms with van der Waals surface area (Å²) in [5.41, 5.74) is 0. The first-order valence-electron chi connectivity index (χ1n) is 8.10. The zero-order valence-electron chi connectivity index (χ0n) is 13.1. The van der Waals surface area contributed by atoms with Crippen LogP contribution in [0.3, 0.4) is 0 Å². The lowest BCUT2D eigenvalue weighted by Gasteiger charge is -2.31. The molecule has 1 aliphatic heterocycles. The highest BCUT2D eigenvalue weighted by Gasteiger charge is 2.35. The van der Waals surface area contributed by atoms with Gasteiger partial charge in [-0.2, -0.15) is 18.2 Å². The Morgan fingerprint density at radius 2 is 2.00 bits per heavy atom. The molecule has 0 radical (unpaired) electrons. The lowest BCUT2D eigenvalue weighted by Crippen LogP contribution is -2.42. The van der Waals surface area contributed by atoms with E-state index < -0.39 is 28.4 Å². The van der Waals surface area contributed by atoms with Gasteiger partial charge >= 0.3 is 6.18 Å². The standard InChI is InChI=1S/C14H20F3N3O3S/c15-14(16,17)5-7-24(21,22)20-6-1-2-10(9-20)8-12-18-13(19-23-12)11-3-4-11/h10-11H,1-9H2/t10-/m0/s1. The van der Waals surface area contributed by atoms with E-state index in [2.05, 4.69) is 10.1 Å². The molecule has 2 heterocycles. The average Bonchev–Trinajstić information content (AvgIpc) is 3.26. The second-order valence-electron chi connectivity index (χ2n) is 6.57. The molecule has 1 saturated heterocycles. The van der Waals surface area contributed by atoms with Crippen LogP contribution in [-0.2, 0) is 16.4 Å². The van der Waals surface area contributed by atoms with E-state index in [1.54, 1.807) is 0 Å². The fraction of sp³-hybridized carbons (Fsp3) is 0.857. The maximum atomic E-state index is 12.3. The van der Waals surface area contributed by atoms with E-state index in [9.17, 15) is 21.6 Å². The summed E-state index contributed by atoms with van der Waals surface area (Å²) in [4.78, 5) is 4.33. The number of halogens is 3. The van der Waals surface area contributed by atoms with E-state index in [-0.39, 0.29) is 19.0 Å². The second-order valence-corrected chi connectivity index (χ2v) is 8.66. The summed E-state index contributed by atoms with van der Waals surface area (Å²) in [6.45, 7) is 0.481. The smallest absolute Gasteiger partial charge is 0.339 e. The number of hydrogen-bond donors (Lipinski definition) is 0. The molecular formula is C14H20F3N3O3S. The molecule has 0 bridgehead atoms. The molecule has 1 aromatic rings.